The maximum absolute atomic E-state index is 9.96. The molecule has 2 unspecified atom stereocenters. The van der Waals surface area contributed by atoms with Crippen molar-refractivity contribution < 1.29 is 50.8 Å². The van der Waals surface area contributed by atoms with E-state index in [9.17, 15) is 26.4 Å². The Labute approximate surface area is 166 Å². The van der Waals surface area contributed by atoms with Crippen molar-refractivity contribution in [2.45, 2.75) is 19.0 Å². The Hall–Kier alpha value is -0.780. The van der Waals surface area contributed by atoms with Gasteiger partial charge < -0.3 is 26.8 Å². The van der Waals surface area contributed by atoms with Crippen molar-refractivity contribution in [1.29, 1.82) is 0 Å². The summed E-state index contributed by atoms with van der Waals surface area (Å²) in [5.74, 6) is -4.67. The van der Waals surface area contributed by atoms with Crippen LogP contribution in [-0.2, 0) is 29.8 Å². The molecule has 146 valence electrons. The van der Waals surface area contributed by atoms with Crippen LogP contribution in [0.1, 0.15) is 6.92 Å². The van der Waals surface area contributed by atoms with E-state index in [4.69, 9.17) is 35.9 Å². The van der Waals surface area contributed by atoms with Crippen molar-refractivity contribution in [2.24, 2.45) is 11.5 Å². The molecule has 0 heterocycles. The SMILES string of the molecule is C=C(C)O.NC(CS(=O)(=O)O)C(=O)O.NC(CS(=O)(=O)O)C(=O)O.[NaH]. The molecule has 0 rings (SSSR count). The quantitative estimate of drug-likeness (QED) is 0.128. The van der Waals surface area contributed by atoms with E-state index < -0.39 is 55.8 Å². The second-order valence-electron chi connectivity index (χ2n) is 4.12. The van der Waals surface area contributed by atoms with Crippen molar-refractivity contribution in [3.63, 3.8) is 0 Å². The predicted octanol–water partition coefficient (Wildman–Crippen LogP) is -3.00. The van der Waals surface area contributed by atoms with E-state index in [2.05, 4.69) is 6.58 Å². The van der Waals surface area contributed by atoms with Crippen molar-refractivity contribution in [2.75, 3.05) is 11.5 Å². The van der Waals surface area contributed by atoms with Gasteiger partial charge in [0, 0.05) is 0 Å². The van der Waals surface area contributed by atoms with E-state index in [0.29, 0.717) is 0 Å². The summed E-state index contributed by atoms with van der Waals surface area (Å²) in [7, 11) is -8.55. The number of carbonyl (C=O) groups is 2. The van der Waals surface area contributed by atoms with Crippen LogP contribution < -0.4 is 11.5 Å². The van der Waals surface area contributed by atoms with Crippen LogP contribution in [0.15, 0.2) is 12.3 Å². The van der Waals surface area contributed by atoms with E-state index in [1.54, 1.807) is 0 Å². The van der Waals surface area contributed by atoms with Gasteiger partial charge in [-0.3, -0.25) is 18.7 Å². The minimum atomic E-state index is -4.27. The molecule has 0 fully saturated rings. The van der Waals surface area contributed by atoms with Crippen molar-refractivity contribution in [3.05, 3.63) is 12.3 Å². The molecule has 0 bridgehead atoms. The van der Waals surface area contributed by atoms with E-state index in [0.717, 1.165) is 0 Å². The molecule has 0 saturated heterocycles. The summed E-state index contributed by atoms with van der Waals surface area (Å²) in [5, 5.41) is 24.0. The Bertz CT molecular complexity index is 578. The summed E-state index contributed by atoms with van der Waals surface area (Å²) in [6.45, 7) is 4.64. The molecule has 0 aromatic carbocycles. The van der Waals surface area contributed by atoms with Crippen molar-refractivity contribution in [1.82, 2.24) is 0 Å². The summed E-state index contributed by atoms with van der Waals surface area (Å²) in [5.41, 5.74) is 9.53. The molecule has 13 nitrogen and oxygen atoms in total. The second-order valence-corrected chi connectivity index (χ2v) is 7.12. The molecule has 0 aliphatic carbocycles. The molecular weight excluding hydrogens is 399 g/mol. The number of nitrogens with two attached hydrogens (primary N) is 2. The van der Waals surface area contributed by atoms with Crippen LogP contribution >= 0.6 is 0 Å². The van der Waals surface area contributed by atoms with Gasteiger partial charge in [0.1, 0.15) is 23.6 Å². The van der Waals surface area contributed by atoms with E-state index in [1.165, 1.54) is 6.92 Å². The van der Waals surface area contributed by atoms with Gasteiger partial charge in [0.2, 0.25) is 0 Å². The Kier molecular flexibility index (Phi) is 18.4. The fraction of sp³-hybridized carbons (Fsp3) is 0.556. The Balaban J connectivity index is -0.000000141. The van der Waals surface area contributed by atoms with Crippen LogP contribution in [0.3, 0.4) is 0 Å². The topological polar surface area (TPSA) is 256 Å². The number of allylic oxidation sites excluding steroid dienone is 1. The molecule has 0 saturated carbocycles. The standard InChI is InChI=1S/2C3H7NO5S.C3H6O.Na.H/c2*4-2(3(5)6)1-10(7,8)9;1-3(2)4;;/h2*2H,1,4H2,(H,5,6)(H,7,8,9);4H,1H2,2H3;;. The second kappa shape index (κ2) is 14.4. The molecule has 0 spiro atoms. The van der Waals surface area contributed by atoms with E-state index >= 15 is 0 Å². The average Bonchev–Trinajstić information content (AvgIpc) is 2.23. The zero-order chi connectivity index (χ0) is 20.3. The predicted molar refractivity (Wildman–Crippen MR) is 88.6 cm³/mol. The fourth-order valence-corrected chi connectivity index (χ4v) is 1.79. The average molecular weight is 420 g/mol. The molecule has 0 aliphatic rings. The molecule has 0 aliphatic heterocycles. The van der Waals surface area contributed by atoms with Crippen LogP contribution in [-0.4, -0.2) is 106 Å². The van der Waals surface area contributed by atoms with E-state index in [-0.39, 0.29) is 35.3 Å². The molecular formula is C9H21N2NaO11S2. The molecule has 0 radical (unpaired) electrons. The first-order valence-electron chi connectivity index (χ1n) is 5.60. The van der Waals surface area contributed by atoms with Crippen LogP contribution in [0.4, 0.5) is 0 Å². The van der Waals surface area contributed by atoms with Gasteiger partial charge >= 0.3 is 41.5 Å². The fourth-order valence-electron chi connectivity index (χ4n) is 0.596. The molecule has 25 heavy (non-hydrogen) atoms. The number of hydrogen-bond acceptors (Lipinski definition) is 9. The number of rotatable bonds is 6. The number of hydrogen-bond donors (Lipinski definition) is 7. The first-order valence-corrected chi connectivity index (χ1v) is 8.82. The van der Waals surface area contributed by atoms with Gasteiger partial charge in [-0.15, -0.1) is 0 Å². The van der Waals surface area contributed by atoms with Gasteiger partial charge in [-0.25, -0.2) is 0 Å². The summed E-state index contributed by atoms with van der Waals surface area (Å²) >= 11 is 0. The number of carboxylic acid groups (broad SMARTS) is 2. The van der Waals surface area contributed by atoms with Gasteiger partial charge in [-0.05, 0) is 6.92 Å². The summed E-state index contributed by atoms with van der Waals surface area (Å²) in [6.07, 6.45) is 0. The third-order valence-electron chi connectivity index (χ3n) is 1.41. The monoisotopic (exact) mass is 420 g/mol. The van der Waals surface area contributed by atoms with E-state index in [1.807, 2.05) is 0 Å². The van der Waals surface area contributed by atoms with Crippen molar-refractivity contribution in [3.8, 4) is 0 Å². The molecule has 0 amide bonds. The van der Waals surface area contributed by atoms with Gasteiger partial charge in [0.25, 0.3) is 20.2 Å². The summed E-state index contributed by atoms with van der Waals surface area (Å²) in [4.78, 5) is 19.8. The summed E-state index contributed by atoms with van der Waals surface area (Å²) in [6, 6.07) is -3.12. The number of carboxylic acids is 2. The Morgan fingerprint density at radius 3 is 1.08 bits per heavy atom. The van der Waals surface area contributed by atoms with Gasteiger partial charge in [-0.1, -0.05) is 6.58 Å². The van der Waals surface area contributed by atoms with Crippen LogP contribution in [0.25, 0.3) is 0 Å². The Morgan fingerprint density at radius 2 is 1.04 bits per heavy atom. The molecule has 2 atom stereocenters. The molecule has 16 heteroatoms. The molecule has 0 aromatic rings. The first-order chi connectivity index (χ1) is 10.4. The van der Waals surface area contributed by atoms with Crippen LogP contribution in [0.5, 0.6) is 0 Å². The zero-order valence-corrected chi connectivity index (χ0v) is 14.1. The van der Waals surface area contributed by atoms with Crippen LogP contribution in [0.2, 0.25) is 0 Å². The molecule has 9 N–H and O–H groups in total. The maximum atomic E-state index is 9.96. The van der Waals surface area contributed by atoms with Gasteiger partial charge in [0.05, 0.1) is 5.76 Å². The van der Waals surface area contributed by atoms with Crippen molar-refractivity contribution >= 4 is 61.7 Å². The third-order valence-corrected chi connectivity index (χ3v) is 2.98. The normalized spacial score (nSPS) is 12.7. The number of aliphatic hydroxyl groups is 1. The number of aliphatic carboxylic acids is 2. The molecule has 0 aromatic heterocycles. The minimum absolute atomic E-state index is 0. The van der Waals surface area contributed by atoms with Crippen LogP contribution in [0, 0.1) is 0 Å². The zero-order valence-electron chi connectivity index (χ0n) is 12.4. The van der Waals surface area contributed by atoms with Gasteiger partial charge in [0.15, 0.2) is 0 Å². The summed E-state index contributed by atoms with van der Waals surface area (Å²) < 4.78 is 56.0. The first kappa shape index (κ1) is 31.9. The third kappa shape index (κ3) is 35.3. The number of aliphatic hydroxyl groups excluding tert-OH is 1. The van der Waals surface area contributed by atoms with Gasteiger partial charge in [-0.2, -0.15) is 16.8 Å². The Morgan fingerprint density at radius 1 is 0.880 bits per heavy atom.